The summed E-state index contributed by atoms with van der Waals surface area (Å²) in [5.74, 6) is 0.232. The van der Waals surface area contributed by atoms with Gasteiger partial charge in [-0.2, -0.15) is 0 Å². The van der Waals surface area contributed by atoms with Crippen LogP contribution in [0.25, 0.3) is 0 Å². The molecule has 0 aliphatic carbocycles. The fraction of sp³-hybridized carbons (Fsp3) is 0.316. The average molecular weight is 376 g/mol. The van der Waals surface area contributed by atoms with Gasteiger partial charge in [0.1, 0.15) is 5.75 Å². The standard InChI is InChI=1S/C19H24N2O4S/c1-14-12-17(26(23,24)21(3)4)10-11-18(14)25-13-19(22)20-15(2)16-8-6-5-7-9-16/h5-12,15H,13H2,1-4H3,(H,20,22)/t15-/m1/s1. The maximum atomic E-state index is 12.1. The molecular weight excluding hydrogens is 352 g/mol. The summed E-state index contributed by atoms with van der Waals surface area (Å²) in [6, 6.07) is 14.1. The molecule has 0 heterocycles. The Morgan fingerprint density at radius 1 is 1.15 bits per heavy atom. The van der Waals surface area contributed by atoms with Crippen LogP contribution in [0.15, 0.2) is 53.4 Å². The maximum absolute atomic E-state index is 12.1. The van der Waals surface area contributed by atoms with Gasteiger partial charge in [0.25, 0.3) is 5.91 Å². The van der Waals surface area contributed by atoms with Crippen molar-refractivity contribution in [2.45, 2.75) is 24.8 Å². The van der Waals surface area contributed by atoms with Crippen molar-refractivity contribution in [2.75, 3.05) is 20.7 Å². The summed E-state index contributed by atoms with van der Waals surface area (Å²) < 4.78 is 31.0. The fourth-order valence-electron chi connectivity index (χ4n) is 2.41. The van der Waals surface area contributed by atoms with E-state index in [2.05, 4.69) is 5.32 Å². The van der Waals surface area contributed by atoms with Crippen LogP contribution in [0.2, 0.25) is 0 Å². The minimum atomic E-state index is -3.50. The first-order chi connectivity index (χ1) is 12.2. The van der Waals surface area contributed by atoms with Gasteiger partial charge in [-0.3, -0.25) is 4.79 Å². The molecular formula is C19H24N2O4S. The summed E-state index contributed by atoms with van der Waals surface area (Å²) in [5, 5.41) is 2.87. The Bertz CT molecular complexity index is 864. The highest BCUT2D eigenvalue weighted by Crippen LogP contribution is 2.23. The zero-order chi connectivity index (χ0) is 19.3. The summed E-state index contributed by atoms with van der Waals surface area (Å²) in [6.45, 7) is 3.51. The molecule has 0 aliphatic heterocycles. The van der Waals surface area contributed by atoms with Crippen LogP contribution < -0.4 is 10.1 Å². The molecule has 6 nitrogen and oxygen atoms in total. The number of benzene rings is 2. The molecule has 0 aromatic heterocycles. The number of ether oxygens (including phenoxy) is 1. The monoisotopic (exact) mass is 376 g/mol. The Labute approximate surface area is 154 Å². The Morgan fingerprint density at radius 2 is 1.81 bits per heavy atom. The molecule has 2 aromatic carbocycles. The number of nitrogens with zero attached hydrogens (tertiary/aromatic N) is 1. The summed E-state index contributed by atoms with van der Waals surface area (Å²) in [7, 11) is -0.537. The molecule has 7 heteroatoms. The first kappa shape index (κ1) is 19.9. The third-order valence-corrected chi connectivity index (χ3v) is 5.77. The molecule has 1 amide bonds. The average Bonchev–Trinajstić information content (AvgIpc) is 2.61. The lowest BCUT2D eigenvalue weighted by Gasteiger charge is -2.16. The molecule has 26 heavy (non-hydrogen) atoms. The lowest BCUT2D eigenvalue weighted by molar-refractivity contribution is -0.123. The fourth-order valence-corrected chi connectivity index (χ4v) is 3.39. The number of hydrogen-bond donors (Lipinski definition) is 1. The number of hydrogen-bond acceptors (Lipinski definition) is 4. The van der Waals surface area contributed by atoms with E-state index in [4.69, 9.17) is 4.74 Å². The van der Waals surface area contributed by atoms with Crippen LogP contribution in [0.3, 0.4) is 0 Å². The Morgan fingerprint density at radius 3 is 2.38 bits per heavy atom. The number of rotatable bonds is 7. The van der Waals surface area contributed by atoms with Gasteiger partial charge < -0.3 is 10.1 Å². The van der Waals surface area contributed by atoms with Gasteiger partial charge in [0.05, 0.1) is 10.9 Å². The summed E-state index contributed by atoms with van der Waals surface area (Å²) >= 11 is 0. The highest BCUT2D eigenvalue weighted by molar-refractivity contribution is 7.89. The highest BCUT2D eigenvalue weighted by atomic mass is 32.2. The molecule has 2 rings (SSSR count). The molecule has 0 aliphatic rings. The topological polar surface area (TPSA) is 75.7 Å². The zero-order valence-corrected chi connectivity index (χ0v) is 16.2. The van der Waals surface area contributed by atoms with E-state index >= 15 is 0 Å². The van der Waals surface area contributed by atoms with Gasteiger partial charge >= 0.3 is 0 Å². The molecule has 140 valence electrons. The van der Waals surface area contributed by atoms with Gasteiger partial charge in [0, 0.05) is 14.1 Å². The van der Waals surface area contributed by atoms with Crippen molar-refractivity contribution in [3.8, 4) is 5.75 Å². The van der Waals surface area contributed by atoms with Crippen LogP contribution in [0, 0.1) is 6.92 Å². The molecule has 0 radical (unpaired) electrons. The van der Waals surface area contributed by atoms with E-state index < -0.39 is 10.0 Å². The SMILES string of the molecule is Cc1cc(S(=O)(=O)N(C)C)ccc1OCC(=O)N[C@H](C)c1ccccc1. The van der Waals surface area contributed by atoms with E-state index in [1.807, 2.05) is 37.3 Å². The number of carbonyl (C=O) groups excluding carboxylic acids is 1. The largest absolute Gasteiger partial charge is 0.484 e. The summed E-state index contributed by atoms with van der Waals surface area (Å²) in [6.07, 6.45) is 0. The van der Waals surface area contributed by atoms with Crippen molar-refractivity contribution in [3.05, 3.63) is 59.7 Å². The van der Waals surface area contributed by atoms with E-state index in [-0.39, 0.29) is 23.5 Å². The lowest BCUT2D eigenvalue weighted by atomic mass is 10.1. The molecule has 0 saturated carbocycles. The molecule has 0 spiro atoms. The van der Waals surface area contributed by atoms with Crippen LogP contribution in [-0.4, -0.2) is 39.3 Å². The third-order valence-electron chi connectivity index (χ3n) is 3.96. The van der Waals surface area contributed by atoms with Gasteiger partial charge in [0.2, 0.25) is 10.0 Å². The number of sulfonamides is 1. The Kier molecular flexibility index (Phi) is 6.39. The van der Waals surface area contributed by atoms with Gasteiger partial charge in [0.15, 0.2) is 6.61 Å². The van der Waals surface area contributed by atoms with Crippen molar-refractivity contribution in [1.29, 1.82) is 0 Å². The number of carbonyl (C=O) groups is 1. The molecule has 0 unspecified atom stereocenters. The van der Waals surface area contributed by atoms with Crippen molar-refractivity contribution in [3.63, 3.8) is 0 Å². The van der Waals surface area contributed by atoms with E-state index in [9.17, 15) is 13.2 Å². The van der Waals surface area contributed by atoms with Gasteiger partial charge in [-0.15, -0.1) is 0 Å². The van der Waals surface area contributed by atoms with Crippen molar-refractivity contribution in [2.24, 2.45) is 0 Å². The first-order valence-corrected chi connectivity index (χ1v) is 9.66. The number of nitrogens with one attached hydrogen (secondary N) is 1. The summed E-state index contributed by atoms with van der Waals surface area (Å²) in [5.41, 5.74) is 1.66. The molecule has 1 N–H and O–H groups in total. The van der Waals surface area contributed by atoms with Crippen LogP contribution in [-0.2, 0) is 14.8 Å². The predicted molar refractivity (Wildman–Crippen MR) is 101 cm³/mol. The normalized spacial score (nSPS) is 12.7. The predicted octanol–water partition coefficient (Wildman–Crippen LogP) is 2.50. The minimum Gasteiger partial charge on any atom is -0.484 e. The zero-order valence-electron chi connectivity index (χ0n) is 15.4. The second-order valence-corrected chi connectivity index (χ2v) is 8.36. The van der Waals surface area contributed by atoms with Crippen LogP contribution in [0.5, 0.6) is 5.75 Å². The third kappa shape index (κ3) is 4.83. The van der Waals surface area contributed by atoms with E-state index in [0.717, 1.165) is 9.87 Å². The highest BCUT2D eigenvalue weighted by Gasteiger charge is 2.18. The second-order valence-electron chi connectivity index (χ2n) is 6.20. The smallest absolute Gasteiger partial charge is 0.258 e. The van der Waals surface area contributed by atoms with Gasteiger partial charge in [-0.25, -0.2) is 12.7 Å². The molecule has 0 fully saturated rings. The minimum absolute atomic E-state index is 0.124. The Hall–Kier alpha value is -2.38. The number of aryl methyl sites for hydroxylation is 1. The maximum Gasteiger partial charge on any atom is 0.258 e. The number of amides is 1. The van der Waals surface area contributed by atoms with Crippen molar-refractivity contribution in [1.82, 2.24) is 9.62 Å². The van der Waals surface area contributed by atoms with E-state index in [1.165, 1.54) is 26.2 Å². The molecule has 0 saturated heterocycles. The molecule has 1 atom stereocenters. The van der Waals surface area contributed by atoms with Crippen molar-refractivity contribution >= 4 is 15.9 Å². The van der Waals surface area contributed by atoms with Gasteiger partial charge in [-0.05, 0) is 43.2 Å². The van der Waals surface area contributed by atoms with E-state index in [1.54, 1.807) is 13.0 Å². The van der Waals surface area contributed by atoms with Crippen LogP contribution in [0.1, 0.15) is 24.1 Å². The Balaban J connectivity index is 1.98. The van der Waals surface area contributed by atoms with Crippen molar-refractivity contribution < 1.29 is 17.9 Å². The van der Waals surface area contributed by atoms with E-state index in [0.29, 0.717) is 11.3 Å². The first-order valence-electron chi connectivity index (χ1n) is 8.22. The molecule has 0 bridgehead atoms. The quantitative estimate of drug-likeness (QED) is 0.806. The summed E-state index contributed by atoms with van der Waals surface area (Å²) in [4.78, 5) is 12.3. The second kappa shape index (κ2) is 8.33. The molecule has 2 aromatic rings. The lowest BCUT2D eigenvalue weighted by Crippen LogP contribution is -2.31. The van der Waals surface area contributed by atoms with Crippen LogP contribution >= 0.6 is 0 Å². The van der Waals surface area contributed by atoms with Gasteiger partial charge in [-0.1, -0.05) is 30.3 Å². The van der Waals surface area contributed by atoms with Crippen LogP contribution in [0.4, 0.5) is 0 Å².